The Labute approximate surface area is 224 Å². The molecule has 2 atom stereocenters. The van der Waals surface area contributed by atoms with Gasteiger partial charge < -0.3 is 19.4 Å². The molecule has 38 heavy (non-hydrogen) atoms. The van der Waals surface area contributed by atoms with E-state index in [-0.39, 0.29) is 23.3 Å². The van der Waals surface area contributed by atoms with Crippen molar-refractivity contribution in [1.29, 1.82) is 0 Å². The number of rotatable bonds is 7. The summed E-state index contributed by atoms with van der Waals surface area (Å²) in [6.45, 7) is 5.19. The first-order chi connectivity index (χ1) is 18.5. The minimum absolute atomic E-state index is 0.0158. The number of carbonyl (C=O) groups excluding carboxylic acids is 1. The van der Waals surface area contributed by atoms with Crippen molar-refractivity contribution < 1.29 is 4.79 Å². The second-order valence-electron chi connectivity index (χ2n) is 11.4. The first-order valence-electron chi connectivity index (χ1n) is 14.1. The smallest absolute Gasteiger partial charge is 0.250 e. The summed E-state index contributed by atoms with van der Waals surface area (Å²) in [5, 5.41) is 4.70. The van der Waals surface area contributed by atoms with Crippen LogP contribution in [-0.2, 0) is 24.9 Å². The maximum atomic E-state index is 14.2. The Hall–Kier alpha value is -3.38. The Morgan fingerprint density at radius 1 is 1.16 bits per heavy atom. The van der Waals surface area contributed by atoms with E-state index in [2.05, 4.69) is 64.3 Å². The molecule has 0 bridgehead atoms. The maximum absolute atomic E-state index is 14.2. The van der Waals surface area contributed by atoms with E-state index >= 15 is 0 Å². The molecular weight excluding hydrogens is 472 g/mol. The van der Waals surface area contributed by atoms with Gasteiger partial charge in [0, 0.05) is 62.1 Å². The summed E-state index contributed by atoms with van der Waals surface area (Å²) in [5.74, 6) is 0.124. The van der Waals surface area contributed by atoms with E-state index in [1.54, 1.807) is 17.7 Å². The van der Waals surface area contributed by atoms with Gasteiger partial charge in [0.1, 0.15) is 0 Å². The standard InChI is InChI=1S/C32H38N4O2/c1-22-8-11-28-25(20-35(30(28)16-22)19-23-6-4-3-5-7-23)21-36(26-9-10-26)32(38)29-18-33-14-12-27(29)24-13-15-34(2)31(37)17-24/h3-4,6,8,11,13,15-17,20,26-27,29,33H,5,7,9-10,12,14,18-19,21H2,1-2H3/t27?,29-/m0/s1. The zero-order valence-corrected chi connectivity index (χ0v) is 22.5. The summed E-state index contributed by atoms with van der Waals surface area (Å²) in [5.41, 5.74) is 6.14. The van der Waals surface area contributed by atoms with Crippen LogP contribution in [-0.4, -0.2) is 39.1 Å². The van der Waals surface area contributed by atoms with Gasteiger partial charge in [0.25, 0.3) is 5.56 Å². The van der Waals surface area contributed by atoms with Crippen molar-refractivity contribution in [3.63, 3.8) is 0 Å². The fourth-order valence-electron chi connectivity index (χ4n) is 6.22. The lowest BCUT2D eigenvalue weighted by atomic mass is 9.80. The Morgan fingerprint density at radius 3 is 2.79 bits per heavy atom. The van der Waals surface area contributed by atoms with Crippen LogP contribution in [0.15, 0.2) is 71.3 Å². The number of fused-ring (bicyclic) bond motifs is 1. The number of pyridine rings is 1. The van der Waals surface area contributed by atoms with Gasteiger partial charge in [-0.1, -0.05) is 35.9 Å². The highest BCUT2D eigenvalue weighted by Crippen LogP contribution is 2.37. The van der Waals surface area contributed by atoms with Crippen molar-refractivity contribution in [2.75, 3.05) is 13.1 Å². The maximum Gasteiger partial charge on any atom is 0.250 e. The summed E-state index contributed by atoms with van der Waals surface area (Å²) < 4.78 is 3.97. The van der Waals surface area contributed by atoms with E-state index < -0.39 is 0 Å². The normalized spacial score (nSPS) is 21.5. The topological polar surface area (TPSA) is 59.3 Å². The minimum Gasteiger partial charge on any atom is -0.343 e. The first-order valence-corrected chi connectivity index (χ1v) is 14.1. The average molecular weight is 511 g/mol. The van der Waals surface area contributed by atoms with Crippen LogP contribution in [0, 0.1) is 12.8 Å². The molecule has 2 aliphatic carbocycles. The van der Waals surface area contributed by atoms with E-state index in [4.69, 9.17) is 0 Å². The molecule has 2 aromatic heterocycles. The highest BCUT2D eigenvalue weighted by atomic mass is 16.2. The number of carbonyl (C=O) groups is 1. The molecule has 3 heterocycles. The Morgan fingerprint density at radius 2 is 2.03 bits per heavy atom. The van der Waals surface area contributed by atoms with Crippen molar-refractivity contribution in [3.8, 4) is 0 Å². The van der Waals surface area contributed by atoms with E-state index in [1.807, 2.05) is 12.3 Å². The molecule has 198 valence electrons. The minimum atomic E-state index is -0.161. The monoisotopic (exact) mass is 510 g/mol. The summed E-state index contributed by atoms with van der Waals surface area (Å²) in [4.78, 5) is 28.7. The summed E-state index contributed by atoms with van der Waals surface area (Å²) in [7, 11) is 1.77. The van der Waals surface area contributed by atoms with Gasteiger partial charge in [0.15, 0.2) is 0 Å². The number of piperidine rings is 1. The quantitative estimate of drug-likeness (QED) is 0.496. The lowest BCUT2D eigenvalue weighted by Crippen LogP contribution is -2.47. The Kier molecular flexibility index (Phi) is 6.83. The molecule has 3 aliphatic rings. The number of hydrogen-bond donors (Lipinski definition) is 1. The zero-order chi connectivity index (χ0) is 26.2. The number of benzene rings is 1. The molecule has 2 fully saturated rings. The van der Waals surface area contributed by atoms with Crippen LogP contribution in [0.1, 0.15) is 54.7 Å². The molecule has 3 aromatic rings. The van der Waals surface area contributed by atoms with Crippen LogP contribution in [0.4, 0.5) is 0 Å². The molecular formula is C32H38N4O2. The van der Waals surface area contributed by atoms with Crippen LogP contribution < -0.4 is 10.9 Å². The third-order valence-corrected chi connectivity index (χ3v) is 8.56. The third-order valence-electron chi connectivity index (χ3n) is 8.56. The van der Waals surface area contributed by atoms with Gasteiger partial charge in [0.2, 0.25) is 5.91 Å². The van der Waals surface area contributed by atoms with Crippen molar-refractivity contribution >= 4 is 16.8 Å². The number of amides is 1. The third kappa shape index (κ3) is 5.02. The fraction of sp³-hybridized carbons (Fsp3) is 0.438. The zero-order valence-electron chi connectivity index (χ0n) is 22.5. The Bertz CT molecular complexity index is 1470. The van der Waals surface area contributed by atoms with Crippen LogP contribution in [0.2, 0.25) is 0 Å². The number of aromatic nitrogens is 2. The van der Waals surface area contributed by atoms with Crippen LogP contribution in [0.5, 0.6) is 0 Å². The number of aryl methyl sites for hydroxylation is 2. The lowest BCUT2D eigenvalue weighted by molar-refractivity contribution is -0.138. The van der Waals surface area contributed by atoms with E-state index in [0.717, 1.165) is 50.8 Å². The molecule has 0 spiro atoms. The summed E-state index contributed by atoms with van der Waals surface area (Å²) in [6, 6.07) is 10.7. The van der Waals surface area contributed by atoms with Crippen LogP contribution in [0.25, 0.3) is 10.9 Å². The molecule has 1 saturated carbocycles. The Balaban J connectivity index is 1.31. The lowest BCUT2D eigenvalue weighted by Gasteiger charge is -2.35. The number of hydrogen-bond acceptors (Lipinski definition) is 3. The summed E-state index contributed by atoms with van der Waals surface area (Å²) >= 11 is 0. The van der Waals surface area contributed by atoms with Gasteiger partial charge in [-0.3, -0.25) is 9.59 Å². The van der Waals surface area contributed by atoms with Crippen molar-refractivity contribution in [2.24, 2.45) is 13.0 Å². The van der Waals surface area contributed by atoms with Gasteiger partial charge in [-0.2, -0.15) is 0 Å². The van der Waals surface area contributed by atoms with Crippen molar-refractivity contribution in [3.05, 3.63) is 93.6 Å². The van der Waals surface area contributed by atoms with Gasteiger partial charge in [-0.15, -0.1) is 0 Å². The van der Waals surface area contributed by atoms with Gasteiger partial charge in [-0.05, 0) is 80.3 Å². The average Bonchev–Trinajstić information content (AvgIpc) is 3.72. The van der Waals surface area contributed by atoms with Crippen LogP contribution in [0.3, 0.4) is 0 Å². The largest absolute Gasteiger partial charge is 0.343 e. The SMILES string of the molecule is Cc1ccc2c(CN(C(=O)[C@H]3CNCCC3c3ccn(C)c(=O)c3)C3CC3)cn(CC3=CC=CCC3)c2c1. The van der Waals surface area contributed by atoms with Gasteiger partial charge in [0.05, 0.1) is 5.92 Å². The summed E-state index contributed by atoms with van der Waals surface area (Å²) in [6.07, 6.45) is 16.0. The second-order valence-corrected chi connectivity index (χ2v) is 11.4. The predicted octanol–water partition coefficient (Wildman–Crippen LogP) is 4.81. The van der Waals surface area contributed by atoms with Crippen molar-refractivity contribution in [1.82, 2.24) is 19.4 Å². The van der Waals surface area contributed by atoms with Crippen molar-refractivity contribution in [2.45, 2.75) is 64.1 Å². The number of nitrogens with zero attached hydrogens (tertiary/aromatic N) is 3. The molecule has 6 heteroatoms. The van der Waals surface area contributed by atoms with Gasteiger partial charge >= 0.3 is 0 Å². The molecule has 6 rings (SSSR count). The number of allylic oxidation sites excluding steroid dienone is 4. The molecule has 1 aromatic carbocycles. The highest BCUT2D eigenvalue weighted by Gasteiger charge is 2.40. The predicted molar refractivity (Wildman–Crippen MR) is 152 cm³/mol. The van der Waals surface area contributed by atoms with Gasteiger partial charge in [-0.25, -0.2) is 0 Å². The molecule has 0 radical (unpaired) electrons. The fourth-order valence-corrected chi connectivity index (χ4v) is 6.22. The molecule has 1 unspecified atom stereocenters. The number of nitrogens with one attached hydrogen (secondary N) is 1. The van der Waals surface area contributed by atoms with E-state index in [0.29, 0.717) is 19.1 Å². The van der Waals surface area contributed by atoms with E-state index in [9.17, 15) is 9.59 Å². The molecule has 1 N–H and O–H groups in total. The second kappa shape index (κ2) is 10.4. The molecule has 1 amide bonds. The van der Waals surface area contributed by atoms with E-state index in [1.165, 1.54) is 27.6 Å². The van der Waals surface area contributed by atoms with Crippen LogP contribution >= 0.6 is 0 Å². The first kappa shape index (κ1) is 24.9. The molecule has 1 saturated heterocycles. The molecule has 6 nitrogen and oxygen atoms in total. The molecule has 1 aliphatic heterocycles. The highest BCUT2D eigenvalue weighted by molar-refractivity contribution is 5.86.